The number of nitrogens with zero attached hydrogens (tertiary/aromatic N) is 1. The average molecular weight is 317 g/mol. The van der Waals surface area contributed by atoms with E-state index in [4.69, 9.17) is 0 Å². The van der Waals surface area contributed by atoms with Crippen molar-refractivity contribution < 1.29 is 14.5 Å². The molecule has 98 valence electrons. The maximum atomic E-state index is 11.5. The zero-order chi connectivity index (χ0) is 13.9. The first-order valence-electron chi connectivity index (χ1n) is 5.08. The maximum Gasteiger partial charge on any atom is 0.330 e. The number of ether oxygens (including phenoxy) is 1. The third-order valence-electron chi connectivity index (χ3n) is 2.30. The van der Waals surface area contributed by atoms with E-state index in [0.29, 0.717) is 4.47 Å². The SMILES string of the molecule is COC(=O)C(C)(C)Nc1cc(Br)ccc1[N+](=O)[O-]. The molecule has 0 radical (unpaired) electrons. The Morgan fingerprint density at radius 1 is 1.50 bits per heavy atom. The van der Waals surface area contributed by atoms with E-state index in [0.717, 1.165) is 0 Å². The van der Waals surface area contributed by atoms with Gasteiger partial charge in [-0.25, -0.2) is 4.79 Å². The standard InChI is InChI=1S/C11H13BrN2O4/c1-11(2,10(15)18-3)13-8-6-7(12)4-5-9(8)14(16)17/h4-6,13H,1-3H3. The van der Waals surface area contributed by atoms with Crippen LogP contribution in [0.5, 0.6) is 0 Å². The largest absolute Gasteiger partial charge is 0.467 e. The van der Waals surface area contributed by atoms with Crippen LogP contribution in [0.2, 0.25) is 0 Å². The molecule has 0 fully saturated rings. The fraction of sp³-hybridized carbons (Fsp3) is 0.364. The van der Waals surface area contributed by atoms with Gasteiger partial charge in [0.1, 0.15) is 11.2 Å². The van der Waals surface area contributed by atoms with Gasteiger partial charge in [-0.15, -0.1) is 0 Å². The number of hydrogen-bond donors (Lipinski definition) is 1. The molecule has 1 aromatic rings. The number of rotatable bonds is 4. The van der Waals surface area contributed by atoms with Crippen LogP contribution in [-0.2, 0) is 9.53 Å². The Kier molecular flexibility index (Phi) is 4.28. The minimum absolute atomic E-state index is 0.102. The molecule has 0 aliphatic rings. The molecule has 18 heavy (non-hydrogen) atoms. The molecular weight excluding hydrogens is 304 g/mol. The van der Waals surface area contributed by atoms with Gasteiger partial charge in [0.05, 0.1) is 12.0 Å². The smallest absolute Gasteiger partial charge is 0.330 e. The first-order valence-corrected chi connectivity index (χ1v) is 5.88. The molecule has 7 heteroatoms. The fourth-order valence-electron chi connectivity index (χ4n) is 1.41. The Bertz CT molecular complexity index is 488. The molecule has 0 aromatic heterocycles. The van der Waals surface area contributed by atoms with Gasteiger partial charge in [-0.05, 0) is 26.0 Å². The van der Waals surface area contributed by atoms with Crippen molar-refractivity contribution in [1.29, 1.82) is 0 Å². The molecule has 0 spiro atoms. The normalized spacial score (nSPS) is 10.9. The number of esters is 1. The third-order valence-corrected chi connectivity index (χ3v) is 2.79. The van der Waals surface area contributed by atoms with Crippen molar-refractivity contribution >= 4 is 33.3 Å². The maximum absolute atomic E-state index is 11.5. The van der Waals surface area contributed by atoms with Gasteiger partial charge in [0.2, 0.25) is 0 Å². The van der Waals surface area contributed by atoms with Gasteiger partial charge in [-0.1, -0.05) is 15.9 Å². The zero-order valence-electron chi connectivity index (χ0n) is 10.2. The summed E-state index contributed by atoms with van der Waals surface area (Å²) in [5.74, 6) is -0.503. The van der Waals surface area contributed by atoms with Crippen LogP contribution in [0.4, 0.5) is 11.4 Å². The highest BCUT2D eigenvalue weighted by atomic mass is 79.9. The molecule has 1 aromatic carbocycles. The number of carbonyl (C=O) groups is 1. The van der Waals surface area contributed by atoms with Crippen molar-refractivity contribution in [3.05, 3.63) is 32.8 Å². The summed E-state index contributed by atoms with van der Waals surface area (Å²) in [6.45, 7) is 3.17. The molecule has 0 bridgehead atoms. The van der Waals surface area contributed by atoms with Crippen LogP contribution in [0.1, 0.15) is 13.8 Å². The number of hydrogen-bond acceptors (Lipinski definition) is 5. The molecule has 0 atom stereocenters. The third kappa shape index (κ3) is 3.19. The van der Waals surface area contributed by atoms with Crippen LogP contribution in [-0.4, -0.2) is 23.5 Å². The molecule has 0 heterocycles. The van der Waals surface area contributed by atoms with E-state index in [1.165, 1.54) is 13.2 Å². The van der Waals surface area contributed by atoms with Crippen LogP contribution in [0, 0.1) is 10.1 Å². The van der Waals surface area contributed by atoms with Gasteiger partial charge in [0.25, 0.3) is 5.69 Å². The predicted molar refractivity (Wildman–Crippen MR) is 70.5 cm³/mol. The lowest BCUT2D eigenvalue weighted by Crippen LogP contribution is -2.41. The molecule has 1 rings (SSSR count). The van der Waals surface area contributed by atoms with Crippen LogP contribution in [0.3, 0.4) is 0 Å². The number of halogens is 1. The number of anilines is 1. The second kappa shape index (κ2) is 5.34. The Hall–Kier alpha value is -1.63. The second-order valence-electron chi connectivity index (χ2n) is 4.16. The molecule has 0 aliphatic carbocycles. The molecule has 0 saturated heterocycles. The van der Waals surface area contributed by atoms with Crippen LogP contribution >= 0.6 is 15.9 Å². The molecule has 1 N–H and O–H groups in total. The summed E-state index contributed by atoms with van der Waals surface area (Å²) in [5, 5.41) is 13.7. The highest BCUT2D eigenvalue weighted by Gasteiger charge is 2.30. The molecule has 0 amide bonds. The number of benzene rings is 1. The van der Waals surface area contributed by atoms with Gasteiger partial charge >= 0.3 is 5.97 Å². The summed E-state index contributed by atoms with van der Waals surface area (Å²) >= 11 is 3.23. The van der Waals surface area contributed by atoms with Crippen molar-refractivity contribution in [2.45, 2.75) is 19.4 Å². The van der Waals surface area contributed by atoms with E-state index in [-0.39, 0.29) is 11.4 Å². The minimum atomic E-state index is -1.06. The highest BCUT2D eigenvalue weighted by Crippen LogP contribution is 2.30. The summed E-state index contributed by atoms with van der Waals surface area (Å²) in [5.41, 5.74) is -0.903. The van der Waals surface area contributed by atoms with Crippen molar-refractivity contribution in [2.75, 3.05) is 12.4 Å². The van der Waals surface area contributed by atoms with E-state index >= 15 is 0 Å². The highest BCUT2D eigenvalue weighted by molar-refractivity contribution is 9.10. The number of methoxy groups -OCH3 is 1. The Morgan fingerprint density at radius 2 is 2.11 bits per heavy atom. The van der Waals surface area contributed by atoms with Crippen LogP contribution in [0.25, 0.3) is 0 Å². The fourth-order valence-corrected chi connectivity index (χ4v) is 1.77. The summed E-state index contributed by atoms with van der Waals surface area (Å²) in [6.07, 6.45) is 0. The minimum Gasteiger partial charge on any atom is -0.467 e. The molecule has 6 nitrogen and oxygen atoms in total. The lowest BCUT2D eigenvalue weighted by atomic mass is 10.1. The first-order chi connectivity index (χ1) is 8.27. The van der Waals surface area contributed by atoms with E-state index in [1.54, 1.807) is 26.0 Å². The lowest BCUT2D eigenvalue weighted by molar-refractivity contribution is -0.384. The monoisotopic (exact) mass is 316 g/mol. The van der Waals surface area contributed by atoms with Crippen LogP contribution in [0.15, 0.2) is 22.7 Å². The molecule has 0 saturated carbocycles. The van der Waals surface area contributed by atoms with Crippen molar-refractivity contribution in [3.8, 4) is 0 Å². The van der Waals surface area contributed by atoms with Gasteiger partial charge in [0.15, 0.2) is 0 Å². The van der Waals surface area contributed by atoms with E-state index < -0.39 is 16.4 Å². The first kappa shape index (κ1) is 14.4. The van der Waals surface area contributed by atoms with E-state index in [9.17, 15) is 14.9 Å². The summed E-state index contributed by atoms with van der Waals surface area (Å²) in [7, 11) is 1.26. The number of carbonyl (C=O) groups excluding carboxylic acids is 1. The van der Waals surface area contributed by atoms with E-state index in [2.05, 4.69) is 26.0 Å². The molecule has 0 aliphatic heterocycles. The number of nitro groups is 1. The zero-order valence-corrected chi connectivity index (χ0v) is 11.8. The Balaban J connectivity index is 3.13. The summed E-state index contributed by atoms with van der Waals surface area (Å²) in [6, 6.07) is 4.47. The van der Waals surface area contributed by atoms with Gasteiger partial charge < -0.3 is 10.1 Å². The van der Waals surface area contributed by atoms with Crippen LogP contribution < -0.4 is 5.32 Å². The number of nitrogens with one attached hydrogen (secondary N) is 1. The van der Waals surface area contributed by atoms with Crippen molar-refractivity contribution in [2.24, 2.45) is 0 Å². The van der Waals surface area contributed by atoms with Gasteiger partial charge in [-0.3, -0.25) is 10.1 Å². The Morgan fingerprint density at radius 3 is 2.61 bits per heavy atom. The Labute approximate surface area is 113 Å². The molecule has 0 unspecified atom stereocenters. The van der Waals surface area contributed by atoms with Gasteiger partial charge in [0, 0.05) is 10.5 Å². The second-order valence-corrected chi connectivity index (χ2v) is 5.08. The number of nitro benzene ring substituents is 1. The van der Waals surface area contributed by atoms with Crippen molar-refractivity contribution in [3.63, 3.8) is 0 Å². The molecular formula is C11H13BrN2O4. The average Bonchev–Trinajstić information content (AvgIpc) is 2.26. The quantitative estimate of drug-likeness (QED) is 0.524. The predicted octanol–water partition coefficient (Wildman–Crippen LogP) is 2.72. The summed E-state index contributed by atoms with van der Waals surface area (Å²) in [4.78, 5) is 21.9. The topological polar surface area (TPSA) is 81.5 Å². The van der Waals surface area contributed by atoms with Crippen molar-refractivity contribution in [1.82, 2.24) is 0 Å². The summed E-state index contributed by atoms with van der Waals surface area (Å²) < 4.78 is 5.31. The lowest BCUT2D eigenvalue weighted by Gasteiger charge is -2.24. The van der Waals surface area contributed by atoms with Gasteiger partial charge in [-0.2, -0.15) is 0 Å². The van der Waals surface area contributed by atoms with E-state index in [1.807, 2.05) is 0 Å².